The molecule has 0 bridgehead atoms. The predicted molar refractivity (Wildman–Crippen MR) is 61.3 cm³/mol. The summed E-state index contributed by atoms with van der Waals surface area (Å²) in [5.74, 6) is -5.30. The first-order chi connectivity index (χ1) is 8.25. The van der Waals surface area contributed by atoms with Crippen molar-refractivity contribution in [2.45, 2.75) is 58.5 Å². The van der Waals surface area contributed by atoms with Crippen molar-refractivity contribution in [3.05, 3.63) is 0 Å². The van der Waals surface area contributed by atoms with Gasteiger partial charge >= 0.3 is 17.9 Å². The van der Waals surface area contributed by atoms with E-state index in [4.69, 9.17) is 0 Å². The summed E-state index contributed by atoms with van der Waals surface area (Å²) in [5, 5.41) is 0. The first-order valence-electron chi connectivity index (χ1n) is 5.98. The molecule has 0 aliphatic rings. The highest BCUT2D eigenvalue weighted by atomic mass is 19.3. The first kappa shape index (κ1) is 16.8. The maximum absolute atomic E-state index is 13.3. The second kappa shape index (κ2) is 8.00. The second-order valence-corrected chi connectivity index (χ2v) is 4.31. The van der Waals surface area contributed by atoms with Gasteiger partial charge in [0, 0.05) is 13.3 Å². The van der Waals surface area contributed by atoms with E-state index in [-0.39, 0.29) is 19.0 Å². The fraction of sp³-hybridized carbons (Fsp3) is 0.833. The van der Waals surface area contributed by atoms with Crippen LogP contribution >= 0.6 is 0 Å². The summed E-state index contributed by atoms with van der Waals surface area (Å²) in [4.78, 5) is 21.5. The molecule has 0 amide bonds. The smallest absolute Gasteiger partial charge is 0.377 e. The van der Waals surface area contributed by atoms with E-state index in [2.05, 4.69) is 9.47 Å². The van der Waals surface area contributed by atoms with Gasteiger partial charge in [0.15, 0.2) is 0 Å². The summed E-state index contributed by atoms with van der Waals surface area (Å²) in [6, 6.07) is 0. The lowest BCUT2D eigenvalue weighted by Gasteiger charge is -2.16. The van der Waals surface area contributed by atoms with Gasteiger partial charge in [-0.1, -0.05) is 0 Å². The summed E-state index contributed by atoms with van der Waals surface area (Å²) >= 11 is 0. The first-order valence-corrected chi connectivity index (χ1v) is 5.98. The quantitative estimate of drug-likeness (QED) is 0.500. The van der Waals surface area contributed by atoms with Gasteiger partial charge in [0.1, 0.15) is 0 Å². The summed E-state index contributed by atoms with van der Waals surface area (Å²) < 4.78 is 35.6. The number of alkyl halides is 2. The molecule has 18 heavy (non-hydrogen) atoms. The number of carbonyl (C=O) groups excluding carboxylic acids is 2. The van der Waals surface area contributed by atoms with E-state index >= 15 is 0 Å². The summed E-state index contributed by atoms with van der Waals surface area (Å²) in [6.07, 6.45) is 0.0691. The Morgan fingerprint density at radius 2 is 1.78 bits per heavy atom. The van der Waals surface area contributed by atoms with Gasteiger partial charge in [-0.15, -0.1) is 0 Å². The van der Waals surface area contributed by atoms with Gasteiger partial charge in [0.2, 0.25) is 0 Å². The molecular formula is C12H20F2O4. The Balaban J connectivity index is 3.76. The second-order valence-electron chi connectivity index (χ2n) is 4.31. The lowest BCUT2D eigenvalue weighted by atomic mass is 10.1. The van der Waals surface area contributed by atoms with Crippen LogP contribution in [0.1, 0.15) is 46.5 Å². The van der Waals surface area contributed by atoms with Gasteiger partial charge < -0.3 is 9.47 Å². The molecule has 0 atom stereocenters. The molecule has 0 radical (unpaired) electrons. The Labute approximate surface area is 106 Å². The van der Waals surface area contributed by atoms with Gasteiger partial charge in [-0.25, -0.2) is 4.79 Å². The van der Waals surface area contributed by atoms with Crippen molar-refractivity contribution in [1.29, 1.82) is 0 Å². The van der Waals surface area contributed by atoms with Crippen molar-refractivity contribution in [2.75, 3.05) is 6.61 Å². The van der Waals surface area contributed by atoms with Crippen LogP contribution in [0.25, 0.3) is 0 Å². The Morgan fingerprint density at radius 1 is 1.17 bits per heavy atom. The maximum atomic E-state index is 13.3. The number of halogens is 2. The van der Waals surface area contributed by atoms with Crippen LogP contribution in [-0.2, 0) is 19.1 Å². The molecule has 0 aromatic carbocycles. The van der Waals surface area contributed by atoms with Gasteiger partial charge in [0.05, 0.1) is 12.7 Å². The zero-order valence-electron chi connectivity index (χ0n) is 11.0. The van der Waals surface area contributed by atoms with E-state index in [0.29, 0.717) is 12.8 Å². The minimum absolute atomic E-state index is 0.182. The highest BCUT2D eigenvalue weighted by molar-refractivity contribution is 5.77. The van der Waals surface area contributed by atoms with Crippen LogP contribution in [0.5, 0.6) is 0 Å². The lowest BCUT2D eigenvalue weighted by molar-refractivity contribution is -0.177. The standard InChI is InChI=1S/C12H20F2O4/c1-9(2)18-11(16)12(13,14)7-5-4-6-8-17-10(3)15/h9H,4-8H2,1-3H3. The van der Waals surface area contributed by atoms with Gasteiger partial charge in [0.25, 0.3) is 0 Å². The molecule has 0 aromatic rings. The molecule has 0 rings (SSSR count). The van der Waals surface area contributed by atoms with Crippen molar-refractivity contribution in [2.24, 2.45) is 0 Å². The summed E-state index contributed by atoms with van der Waals surface area (Å²) in [5.41, 5.74) is 0. The molecule has 0 saturated heterocycles. The van der Waals surface area contributed by atoms with E-state index < -0.39 is 24.4 Å². The van der Waals surface area contributed by atoms with Crippen molar-refractivity contribution < 1.29 is 27.8 Å². The van der Waals surface area contributed by atoms with E-state index in [1.165, 1.54) is 20.8 Å². The zero-order chi connectivity index (χ0) is 14.2. The minimum atomic E-state index is -3.44. The van der Waals surface area contributed by atoms with Crippen LogP contribution in [-0.4, -0.2) is 30.6 Å². The average Bonchev–Trinajstić information content (AvgIpc) is 2.21. The van der Waals surface area contributed by atoms with E-state index in [0.717, 1.165) is 0 Å². The van der Waals surface area contributed by atoms with Gasteiger partial charge in [-0.05, 0) is 33.1 Å². The van der Waals surface area contributed by atoms with Crippen LogP contribution in [0.4, 0.5) is 8.78 Å². The Bertz CT molecular complexity index is 277. The van der Waals surface area contributed by atoms with Crippen molar-refractivity contribution in [1.82, 2.24) is 0 Å². The molecule has 0 aromatic heterocycles. The lowest BCUT2D eigenvalue weighted by Crippen LogP contribution is -2.32. The number of hydrogen-bond acceptors (Lipinski definition) is 4. The molecule has 4 nitrogen and oxygen atoms in total. The van der Waals surface area contributed by atoms with E-state index in [9.17, 15) is 18.4 Å². The Morgan fingerprint density at radius 3 is 2.28 bits per heavy atom. The SMILES string of the molecule is CC(=O)OCCCCCC(F)(F)C(=O)OC(C)C. The van der Waals surface area contributed by atoms with Gasteiger partial charge in [-0.3, -0.25) is 4.79 Å². The number of esters is 2. The topological polar surface area (TPSA) is 52.6 Å². The number of hydrogen-bond donors (Lipinski definition) is 0. The third-order valence-corrected chi connectivity index (χ3v) is 2.08. The van der Waals surface area contributed by atoms with Crippen LogP contribution < -0.4 is 0 Å². The molecule has 0 spiro atoms. The largest absolute Gasteiger partial charge is 0.466 e. The maximum Gasteiger partial charge on any atom is 0.377 e. The van der Waals surface area contributed by atoms with Gasteiger partial charge in [-0.2, -0.15) is 8.78 Å². The molecule has 0 N–H and O–H groups in total. The molecule has 0 aliphatic carbocycles. The minimum Gasteiger partial charge on any atom is -0.466 e. The van der Waals surface area contributed by atoms with E-state index in [1.807, 2.05) is 0 Å². The fourth-order valence-corrected chi connectivity index (χ4v) is 1.24. The molecule has 106 valence electrons. The third kappa shape index (κ3) is 7.97. The molecule has 0 heterocycles. The van der Waals surface area contributed by atoms with Crippen LogP contribution in [0.15, 0.2) is 0 Å². The van der Waals surface area contributed by atoms with Crippen LogP contribution in [0, 0.1) is 0 Å². The molecule has 6 heteroatoms. The molecule has 0 fully saturated rings. The monoisotopic (exact) mass is 266 g/mol. The highest BCUT2D eigenvalue weighted by Gasteiger charge is 2.40. The van der Waals surface area contributed by atoms with E-state index in [1.54, 1.807) is 0 Å². The normalized spacial score (nSPS) is 11.4. The van der Waals surface area contributed by atoms with Crippen molar-refractivity contribution in [3.63, 3.8) is 0 Å². The molecule has 0 saturated carbocycles. The number of unbranched alkanes of at least 4 members (excludes halogenated alkanes) is 2. The van der Waals surface area contributed by atoms with Crippen LogP contribution in [0.3, 0.4) is 0 Å². The summed E-state index contributed by atoms with van der Waals surface area (Å²) in [7, 11) is 0. The third-order valence-electron chi connectivity index (χ3n) is 2.08. The number of ether oxygens (including phenoxy) is 2. The zero-order valence-corrected chi connectivity index (χ0v) is 11.0. The molecule has 0 aliphatic heterocycles. The Hall–Kier alpha value is -1.20. The molecular weight excluding hydrogens is 246 g/mol. The Kier molecular flexibility index (Phi) is 7.47. The van der Waals surface area contributed by atoms with Crippen molar-refractivity contribution in [3.8, 4) is 0 Å². The van der Waals surface area contributed by atoms with Crippen LogP contribution in [0.2, 0.25) is 0 Å². The summed E-state index contributed by atoms with van der Waals surface area (Å²) in [6.45, 7) is 4.55. The molecule has 0 unspecified atom stereocenters. The number of rotatable bonds is 8. The highest BCUT2D eigenvalue weighted by Crippen LogP contribution is 2.24. The predicted octanol–water partition coefficient (Wildman–Crippen LogP) is 2.70. The van der Waals surface area contributed by atoms with Crippen molar-refractivity contribution >= 4 is 11.9 Å². The average molecular weight is 266 g/mol. The number of carbonyl (C=O) groups is 2. The fourth-order valence-electron chi connectivity index (χ4n) is 1.24.